The minimum absolute atomic E-state index is 0.0611. The maximum absolute atomic E-state index is 12.4. The van der Waals surface area contributed by atoms with Crippen LogP contribution in [0.5, 0.6) is 5.75 Å². The van der Waals surface area contributed by atoms with Crippen molar-refractivity contribution in [3.05, 3.63) is 77.3 Å². The van der Waals surface area contributed by atoms with E-state index in [1.165, 1.54) is 37.7 Å². The van der Waals surface area contributed by atoms with E-state index in [0.717, 1.165) is 5.56 Å². The van der Waals surface area contributed by atoms with Crippen LogP contribution in [-0.2, 0) is 4.79 Å². The number of hydrogen-bond acceptors (Lipinski definition) is 4. The molecule has 1 fully saturated rings. The highest BCUT2D eigenvalue weighted by Crippen LogP contribution is 2.33. The highest BCUT2D eigenvalue weighted by molar-refractivity contribution is 6.31. The maximum atomic E-state index is 12.4. The molecule has 0 radical (unpaired) electrons. The van der Waals surface area contributed by atoms with Crippen LogP contribution in [0.15, 0.2) is 71.1 Å². The molecule has 0 unspecified atom stereocenters. The highest BCUT2D eigenvalue weighted by atomic mass is 35.5. The molecule has 1 N–H and O–H groups in total. The number of halogens is 1. The standard InChI is InChI=1S/C27H25ClN2O3/c28-21-11-14-25-24(16-21)30-27(33-25)20-7-4-8-22(15-20)29-26(31)17-32-23-12-9-19(10-13-23)18-5-2-1-3-6-18/h4,7-16,18H,1-3,5-6,17H2,(H,29,31). The Morgan fingerprint density at radius 1 is 1.03 bits per heavy atom. The summed E-state index contributed by atoms with van der Waals surface area (Å²) in [5.74, 6) is 1.59. The minimum Gasteiger partial charge on any atom is -0.484 e. The monoisotopic (exact) mass is 460 g/mol. The molecule has 1 amide bonds. The van der Waals surface area contributed by atoms with E-state index in [1.54, 1.807) is 18.2 Å². The third kappa shape index (κ3) is 5.20. The SMILES string of the molecule is O=C(COc1ccc(C2CCCCC2)cc1)Nc1cccc(-c2nc3cc(Cl)ccc3o2)c1. The normalized spacial score (nSPS) is 14.3. The zero-order valence-corrected chi connectivity index (χ0v) is 19.0. The van der Waals surface area contributed by atoms with E-state index in [9.17, 15) is 4.79 Å². The molecular weight excluding hydrogens is 436 g/mol. The van der Waals surface area contributed by atoms with Crippen molar-refractivity contribution in [2.45, 2.75) is 38.0 Å². The lowest BCUT2D eigenvalue weighted by atomic mass is 9.84. The number of anilines is 1. The van der Waals surface area contributed by atoms with Crippen LogP contribution in [0.3, 0.4) is 0 Å². The molecule has 5 nitrogen and oxygen atoms in total. The predicted octanol–water partition coefficient (Wildman–Crippen LogP) is 7.21. The van der Waals surface area contributed by atoms with Crippen molar-refractivity contribution in [1.29, 1.82) is 0 Å². The van der Waals surface area contributed by atoms with E-state index in [4.69, 9.17) is 20.8 Å². The number of nitrogens with one attached hydrogen (secondary N) is 1. The van der Waals surface area contributed by atoms with Crippen LogP contribution in [0.25, 0.3) is 22.6 Å². The summed E-state index contributed by atoms with van der Waals surface area (Å²) in [6.45, 7) is -0.0611. The summed E-state index contributed by atoms with van der Waals surface area (Å²) in [5, 5.41) is 3.48. The van der Waals surface area contributed by atoms with E-state index in [1.807, 2.05) is 36.4 Å². The molecule has 3 aromatic carbocycles. The number of nitrogens with zero attached hydrogens (tertiary/aromatic N) is 1. The molecular formula is C27H25ClN2O3. The smallest absolute Gasteiger partial charge is 0.262 e. The zero-order valence-electron chi connectivity index (χ0n) is 18.2. The first-order valence-electron chi connectivity index (χ1n) is 11.3. The second-order valence-electron chi connectivity index (χ2n) is 8.45. The predicted molar refractivity (Wildman–Crippen MR) is 131 cm³/mol. The molecule has 0 bridgehead atoms. The van der Waals surface area contributed by atoms with E-state index in [2.05, 4.69) is 22.4 Å². The summed E-state index contributed by atoms with van der Waals surface area (Å²) < 4.78 is 11.5. The first kappa shape index (κ1) is 21.5. The summed E-state index contributed by atoms with van der Waals surface area (Å²) in [6, 6.07) is 20.8. The van der Waals surface area contributed by atoms with E-state index in [0.29, 0.717) is 39.4 Å². The molecule has 1 aliphatic carbocycles. The largest absolute Gasteiger partial charge is 0.484 e. The third-order valence-corrected chi connectivity index (χ3v) is 6.30. The van der Waals surface area contributed by atoms with Gasteiger partial charge in [0.2, 0.25) is 5.89 Å². The lowest BCUT2D eigenvalue weighted by molar-refractivity contribution is -0.118. The average molecular weight is 461 g/mol. The number of ether oxygens (including phenoxy) is 1. The molecule has 1 saturated carbocycles. The van der Waals surface area contributed by atoms with Crippen LogP contribution in [-0.4, -0.2) is 17.5 Å². The molecule has 1 aliphatic rings. The van der Waals surface area contributed by atoms with Gasteiger partial charge in [0.05, 0.1) is 0 Å². The van der Waals surface area contributed by atoms with Gasteiger partial charge in [0, 0.05) is 16.3 Å². The van der Waals surface area contributed by atoms with E-state index >= 15 is 0 Å². The second kappa shape index (κ2) is 9.67. The lowest BCUT2D eigenvalue weighted by Gasteiger charge is -2.22. The Labute approximate surface area is 197 Å². The van der Waals surface area contributed by atoms with Gasteiger partial charge in [-0.05, 0) is 72.9 Å². The van der Waals surface area contributed by atoms with Crippen LogP contribution < -0.4 is 10.1 Å². The van der Waals surface area contributed by atoms with Gasteiger partial charge >= 0.3 is 0 Å². The lowest BCUT2D eigenvalue weighted by Crippen LogP contribution is -2.20. The summed E-state index contributed by atoms with van der Waals surface area (Å²) >= 11 is 6.03. The van der Waals surface area contributed by atoms with Crippen molar-refractivity contribution in [2.24, 2.45) is 0 Å². The second-order valence-corrected chi connectivity index (χ2v) is 8.89. The third-order valence-electron chi connectivity index (χ3n) is 6.07. The number of oxazole rings is 1. The van der Waals surface area contributed by atoms with Gasteiger partial charge in [-0.1, -0.05) is 49.1 Å². The average Bonchev–Trinajstić information content (AvgIpc) is 3.27. The number of aromatic nitrogens is 1. The van der Waals surface area contributed by atoms with Crippen molar-refractivity contribution < 1.29 is 13.9 Å². The van der Waals surface area contributed by atoms with Crippen LogP contribution in [0, 0.1) is 0 Å². The topological polar surface area (TPSA) is 64.4 Å². The van der Waals surface area contributed by atoms with Gasteiger partial charge in [0.1, 0.15) is 11.3 Å². The molecule has 33 heavy (non-hydrogen) atoms. The Hall–Kier alpha value is -3.31. The van der Waals surface area contributed by atoms with Gasteiger partial charge in [-0.25, -0.2) is 4.98 Å². The fourth-order valence-corrected chi connectivity index (χ4v) is 4.54. The number of carbonyl (C=O) groups excluding carboxylic acids is 1. The van der Waals surface area contributed by atoms with Gasteiger partial charge in [-0.2, -0.15) is 0 Å². The zero-order chi connectivity index (χ0) is 22.6. The van der Waals surface area contributed by atoms with Crippen LogP contribution >= 0.6 is 11.6 Å². The molecule has 1 aromatic heterocycles. The Morgan fingerprint density at radius 3 is 2.67 bits per heavy atom. The number of carbonyl (C=O) groups is 1. The van der Waals surface area contributed by atoms with E-state index < -0.39 is 0 Å². The molecule has 0 atom stereocenters. The summed E-state index contributed by atoms with van der Waals surface area (Å²) in [5.41, 5.74) is 4.12. The van der Waals surface area contributed by atoms with Gasteiger partial charge in [-0.15, -0.1) is 0 Å². The first-order chi connectivity index (χ1) is 16.1. The fraction of sp³-hybridized carbons (Fsp3) is 0.259. The quantitative estimate of drug-likeness (QED) is 0.330. The molecule has 0 saturated heterocycles. The maximum Gasteiger partial charge on any atom is 0.262 e. The van der Waals surface area contributed by atoms with Crippen LogP contribution in [0.4, 0.5) is 5.69 Å². The molecule has 168 valence electrons. The van der Waals surface area contributed by atoms with Crippen LogP contribution in [0.2, 0.25) is 5.02 Å². The van der Waals surface area contributed by atoms with Crippen molar-refractivity contribution in [3.8, 4) is 17.2 Å². The molecule has 0 spiro atoms. The molecule has 6 heteroatoms. The number of amides is 1. The Kier molecular flexibility index (Phi) is 6.31. The highest BCUT2D eigenvalue weighted by Gasteiger charge is 2.15. The fourth-order valence-electron chi connectivity index (χ4n) is 4.37. The molecule has 4 aromatic rings. The molecule has 5 rings (SSSR count). The number of fused-ring (bicyclic) bond motifs is 1. The van der Waals surface area contributed by atoms with Gasteiger partial charge < -0.3 is 14.5 Å². The molecule has 1 heterocycles. The Balaban J connectivity index is 1.19. The number of benzene rings is 3. The van der Waals surface area contributed by atoms with Crippen molar-refractivity contribution >= 4 is 34.3 Å². The number of rotatable bonds is 6. The molecule has 0 aliphatic heterocycles. The number of hydrogen-bond donors (Lipinski definition) is 1. The van der Waals surface area contributed by atoms with Gasteiger partial charge in [0.15, 0.2) is 12.2 Å². The summed E-state index contributed by atoms with van der Waals surface area (Å²) in [4.78, 5) is 16.9. The van der Waals surface area contributed by atoms with E-state index in [-0.39, 0.29) is 12.5 Å². The van der Waals surface area contributed by atoms with Crippen molar-refractivity contribution in [2.75, 3.05) is 11.9 Å². The first-order valence-corrected chi connectivity index (χ1v) is 11.7. The summed E-state index contributed by atoms with van der Waals surface area (Å²) in [6.07, 6.45) is 6.49. The van der Waals surface area contributed by atoms with Crippen molar-refractivity contribution in [3.63, 3.8) is 0 Å². The van der Waals surface area contributed by atoms with Crippen LogP contribution in [0.1, 0.15) is 43.6 Å². The van der Waals surface area contributed by atoms with Gasteiger partial charge in [0.25, 0.3) is 5.91 Å². The summed E-state index contributed by atoms with van der Waals surface area (Å²) in [7, 11) is 0. The Morgan fingerprint density at radius 2 is 1.85 bits per heavy atom. The van der Waals surface area contributed by atoms with Gasteiger partial charge in [-0.3, -0.25) is 4.79 Å². The van der Waals surface area contributed by atoms with Crippen molar-refractivity contribution in [1.82, 2.24) is 4.98 Å². The minimum atomic E-state index is -0.229. The Bertz CT molecular complexity index is 1260.